The van der Waals surface area contributed by atoms with Gasteiger partial charge in [-0.2, -0.15) is 0 Å². The van der Waals surface area contributed by atoms with Gasteiger partial charge in [0.2, 0.25) is 0 Å². The van der Waals surface area contributed by atoms with Gasteiger partial charge in [0.1, 0.15) is 0 Å². The Labute approximate surface area is 140 Å². The maximum atomic E-state index is 10.3. The van der Waals surface area contributed by atoms with E-state index in [2.05, 4.69) is 39.0 Å². The van der Waals surface area contributed by atoms with Crippen molar-refractivity contribution in [2.75, 3.05) is 6.61 Å². The number of ether oxygens (including phenoxy) is 2. The molecule has 3 rings (SSSR count). The number of hydrogen-bond acceptors (Lipinski definition) is 3. The summed E-state index contributed by atoms with van der Waals surface area (Å²) in [5.74, 6) is 1.33. The van der Waals surface area contributed by atoms with Crippen LogP contribution in [0.3, 0.4) is 0 Å². The van der Waals surface area contributed by atoms with E-state index in [1.807, 2.05) is 0 Å². The minimum absolute atomic E-state index is 0.231. The molecule has 128 valence electrons. The number of allylic oxidation sites excluding steroid dienone is 5. The molecule has 0 spiro atoms. The number of aliphatic hydroxyl groups excluding tert-OH is 1. The average Bonchev–Trinajstić information content (AvgIpc) is 2.85. The van der Waals surface area contributed by atoms with E-state index in [0.717, 1.165) is 37.9 Å². The summed E-state index contributed by atoms with van der Waals surface area (Å²) >= 11 is 0. The lowest BCUT2D eigenvalue weighted by molar-refractivity contribution is -0.224. The van der Waals surface area contributed by atoms with Crippen LogP contribution in [-0.2, 0) is 9.47 Å². The summed E-state index contributed by atoms with van der Waals surface area (Å²) in [7, 11) is 0. The molecule has 23 heavy (non-hydrogen) atoms. The Bertz CT molecular complexity index is 513. The van der Waals surface area contributed by atoms with Gasteiger partial charge in [-0.3, -0.25) is 0 Å². The van der Waals surface area contributed by atoms with E-state index in [9.17, 15) is 5.11 Å². The highest BCUT2D eigenvalue weighted by atomic mass is 16.7. The Balaban J connectivity index is 1.81. The molecule has 5 atom stereocenters. The third-order valence-electron chi connectivity index (χ3n) is 5.55. The van der Waals surface area contributed by atoms with Crippen molar-refractivity contribution < 1.29 is 14.6 Å². The van der Waals surface area contributed by atoms with E-state index in [1.165, 1.54) is 17.6 Å². The third kappa shape index (κ3) is 3.78. The molecule has 0 radical (unpaired) electrons. The predicted molar refractivity (Wildman–Crippen MR) is 91.7 cm³/mol. The molecule has 1 N–H and O–H groups in total. The normalized spacial score (nSPS) is 41.5. The average molecular weight is 318 g/mol. The van der Waals surface area contributed by atoms with Gasteiger partial charge in [0, 0.05) is 5.92 Å². The second-order valence-electron chi connectivity index (χ2n) is 7.53. The summed E-state index contributed by atoms with van der Waals surface area (Å²) in [5.41, 5.74) is 3.90. The Morgan fingerprint density at radius 1 is 1.35 bits per heavy atom. The van der Waals surface area contributed by atoms with Crippen LogP contribution >= 0.6 is 0 Å². The van der Waals surface area contributed by atoms with Gasteiger partial charge in [0.05, 0.1) is 6.61 Å². The summed E-state index contributed by atoms with van der Waals surface area (Å²) in [4.78, 5) is 0. The van der Waals surface area contributed by atoms with Crippen LogP contribution in [-0.4, -0.2) is 24.3 Å². The Morgan fingerprint density at radius 2 is 2.17 bits per heavy atom. The van der Waals surface area contributed by atoms with Gasteiger partial charge in [-0.05, 0) is 70.3 Å². The lowest BCUT2D eigenvalue weighted by Gasteiger charge is -2.39. The lowest BCUT2D eigenvalue weighted by atomic mass is 9.72. The lowest BCUT2D eigenvalue weighted by Crippen LogP contribution is -2.40. The fourth-order valence-electron chi connectivity index (χ4n) is 4.27. The van der Waals surface area contributed by atoms with Gasteiger partial charge in [0.25, 0.3) is 0 Å². The molecule has 0 saturated carbocycles. The molecule has 3 heteroatoms. The molecule has 0 amide bonds. The summed E-state index contributed by atoms with van der Waals surface area (Å²) in [6.45, 7) is 7.29. The van der Waals surface area contributed by atoms with E-state index < -0.39 is 6.29 Å². The largest absolute Gasteiger partial charge is 0.364 e. The van der Waals surface area contributed by atoms with Crippen LogP contribution in [0, 0.1) is 17.8 Å². The van der Waals surface area contributed by atoms with E-state index in [0.29, 0.717) is 11.8 Å². The van der Waals surface area contributed by atoms with Gasteiger partial charge < -0.3 is 14.6 Å². The zero-order valence-corrected chi connectivity index (χ0v) is 14.6. The van der Waals surface area contributed by atoms with Crippen LogP contribution in [0.2, 0.25) is 0 Å². The SMILES string of the molecule is CC(C)=CCC[C@@H]1CO[C@@H]2O[C@@H](O)/C3=C/C/C=C(/C)CC[C@@H]1[C@@H]32. The van der Waals surface area contributed by atoms with Crippen molar-refractivity contribution in [1.82, 2.24) is 0 Å². The van der Waals surface area contributed by atoms with Crippen molar-refractivity contribution in [2.24, 2.45) is 17.8 Å². The molecular weight excluding hydrogens is 288 g/mol. The molecule has 0 aromatic heterocycles. The van der Waals surface area contributed by atoms with Crippen molar-refractivity contribution >= 4 is 0 Å². The fraction of sp³-hybridized carbons (Fsp3) is 0.700. The molecule has 2 saturated heterocycles. The second-order valence-corrected chi connectivity index (χ2v) is 7.53. The first kappa shape index (κ1) is 16.9. The third-order valence-corrected chi connectivity index (χ3v) is 5.55. The zero-order chi connectivity index (χ0) is 16.4. The maximum absolute atomic E-state index is 10.3. The number of hydrogen-bond donors (Lipinski definition) is 1. The summed E-state index contributed by atoms with van der Waals surface area (Å²) in [5, 5.41) is 10.3. The highest BCUT2D eigenvalue weighted by molar-refractivity contribution is 5.21. The van der Waals surface area contributed by atoms with Crippen LogP contribution in [0.4, 0.5) is 0 Å². The van der Waals surface area contributed by atoms with Gasteiger partial charge in [-0.15, -0.1) is 0 Å². The molecule has 2 fully saturated rings. The Hall–Kier alpha value is -0.900. The molecule has 0 bridgehead atoms. The van der Waals surface area contributed by atoms with Crippen LogP contribution in [0.5, 0.6) is 0 Å². The van der Waals surface area contributed by atoms with E-state index in [-0.39, 0.29) is 12.2 Å². The maximum Gasteiger partial charge on any atom is 0.180 e. The van der Waals surface area contributed by atoms with Crippen molar-refractivity contribution in [3.63, 3.8) is 0 Å². The van der Waals surface area contributed by atoms with Crippen LogP contribution in [0.15, 0.2) is 34.9 Å². The fourth-order valence-corrected chi connectivity index (χ4v) is 4.27. The summed E-state index contributed by atoms with van der Waals surface area (Å²) in [6, 6.07) is 0. The molecule has 3 nitrogen and oxygen atoms in total. The van der Waals surface area contributed by atoms with Gasteiger partial charge >= 0.3 is 0 Å². The zero-order valence-electron chi connectivity index (χ0n) is 14.6. The monoisotopic (exact) mass is 318 g/mol. The molecule has 1 aliphatic carbocycles. The summed E-state index contributed by atoms with van der Waals surface area (Å²) in [6.07, 6.45) is 11.2. The topological polar surface area (TPSA) is 38.7 Å². The highest BCUT2D eigenvalue weighted by Gasteiger charge is 2.49. The minimum Gasteiger partial charge on any atom is -0.364 e. The first-order valence-corrected chi connectivity index (χ1v) is 9.00. The first-order valence-electron chi connectivity index (χ1n) is 9.00. The smallest absolute Gasteiger partial charge is 0.180 e. The standard InChI is InChI=1S/C20H30O3/c1-13(2)6-4-8-15-12-22-20-18-16(15)11-10-14(3)7-5-9-17(18)19(21)23-20/h6-7,9,15-16,18-21H,4-5,8,10-12H2,1-3H3/b14-7-,17-9+/t15-,16+,18+,19-,20-/m1/s1. The van der Waals surface area contributed by atoms with E-state index in [4.69, 9.17) is 9.47 Å². The Morgan fingerprint density at radius 3 is 2.96 bits per heavy atom. The van der Waals surface area contributed by atoms with Crippen molar-refractivity contribution in [2.45, 2.75) is 65.5 Å². The number of aliphatic hydroxyl groups is 1. The van der Waals surface area contributed by atoms with Gasteiger partial charge in [-0.1, -0.05) is 29.4 Å². The van der Waals surface area contributed by atoms with Gasteiger partial charge in [0.15, 0.2) is 12.6 Å². The molecular formula is C20H30O3. The van der Waals surface area contributed by atoms with Crippen LogP contribution in [0.1, 0.15) is 52.9 Å². The highest BCUT2D eigenvalue weighted by Crippen LogP contribution is 2.47. The molecule has 0 aromatic carbocycles. The van der Waals surface area contributed by atoms with Crippen molar-refractivity contribution in [1.29, 1.82) is 0 Å². The van der Waals surface area contributed by atoms with Crippen molar-refractivity contribution in [3.05, 3.63) is 34.9 Å². The minimum atomic E-state index is -0.782. The van der Waals surface area contributed by atoms with Crippen LogP contribution in [0.25, 0.3) is 0 Å². The molecule has 0 unspecified atom stereocenters. The quantitative estimate of drug-likeness (QED) is 0.787. The molecule has 3 aliphatic rings. The second kappa shape index (κ2) is 7.33. The van der Waals surface area contributed by atoms with E-state index >= 15 is 0 Å². The predicted octanol–water partition coefficient (Wildman–Crippen LogP) is 4.34. The first-order chi connectivity index (χ1) is 11.1. The van der Waals surface area contributed by atoms with Crippen molar-refractivity contribution in [3.8, 4) is 0 Å². The summed E-state index contributed by atoms with van der Waals surface area (Å²) < 4.78 is 11.7. The van der Waals surface area contributed by atoms with Crippen LogP contribution < -0.4 is 0 Å². The molecule has 0 aromatic rings. The Kier molecular flexibility index (Phi) is 5.40. The van der Waals surface area contributed by atoms with E-state index in [1.54, 1.807) is 0 Å². The molecule has 2 heterocycles. The molecule has 2 aliphatic heterocycles. The number of rotatable bonds is 3. The van der Waals surface area contributed by atoms with Gasteiger partial charge in [-0.25, -0.2) is 0 Å².